The van der Waals surface area contributed by atoms with E-state index in [1.807, 2.05) is 80.0 Å². The molecule has 31 heavy (non-hydrogen) atoms. The highest BCUT2D eigenvalue weighted by Gasteiger charge is 2.28. The maximum absolute atomic E-state index is 13.0. The first kappa shape index (κ1) is 19.5. The van der Waals surface area contributed by atoms with Gasteiger partial charge in [-0.15, -0.1) is 11.8 Å². The van der Waals surface area contributed by atoms with Crippen molar-refractivity contribution in [2.75, 3.05) is 5.32 Å². The van der Waals surface area contributed by atoms with Crippen LogP contribution in [-0.4, -0.2) is 15.5 Å². The lowest BCUT2D eigenvalue weighted by atomic mass is 10.2. The van der Waals surface area contributed by atoms with Gasteiger partial charge >= 0.3 is 0 Å². The maximum Gasteiger partial charge on any atom is 0.257 e. The normalized spacial score (nSPS) is 14.8. The van der Waals surface area contributed by atoms with Crippen LogP contribution in [0.15, 0.2) is 85.3 Å². The molecule has 2 aromatic carbocycles. The average Bonchev–Trinajstić information content (AvgIpc) is 3.38. The number of hydrogen-bond acceptors (Lipinski definition) is 4. The van der Waals surface area contributed by atoms with Crippen LogP contribution in [0.4, 0.5) is 5.69 Å². The highest BCUT2D eigenvalue weighted by atomic mass is 32.2. The molecule has 0 saturated carbocycles. The van der Waals surface area contributed by atoms with Gasteiger partial charge in [0.25, 0.3) is 5.91 Å². The number of thioether (sulfide) groups is 1. The Morgan fingerprint density at radius 2 is 2.03 bits per heavy atom. The van der Waals surface area contributed by atoms with Crippen molar-refractivity contribution in [3.8, 4) is 11.5 Å². The molecule has 0 fully saturated rings. The summed E-state index contributed by atoms with van der Waals surface area (Å²) < 4.78 is 8.16. The van der Waals surface area contributed by atoms with Crippen molar-refractivity contribution in [2.45, 2.75) is 18.1 Å². The summed E-state index contributed by atoms with van der Waals surface area (Å²) in [4.78, 5) is 17.2. The number of hydrogen-bond donors (Lipinski definition) is 1. The molecule has 1 aliphatic rings. The number of aryl methyl sites for hydroxylation is 1. The number of benzene rings is 2. The monoisotopic (exact) mass is 427 g/mol. The van der Waals surface area contributed by atoms with Crippen LogP contribution in [0.25, 0.3) is 0 Å². The van der Waals surface area contributed by atoms with Crippen molar-refractivity contribution < 1.29 is 9.53 Å². The Bertz CT molecular complexity index is 1240. The Morgan fingerprint density at radius 1 is 1.13 bits per heavy atom. The fourth-order valence-corrected chi connectivity index (χ4v) is 5.02. The van der Waals surface area contributed by atoms with Crippen molar-refractivity contribution in [1.82, 2.24) is 9.55 Å². The molecule has 0 bridgehead atoms. The summed E-state index contributed by atoms with van der Waals surface area (Å²) in [6.07, 6.45) is 5.64. The lowest BCUT2D eigenvalue weighted by molar-refractivity contribution is 0.102. The quantitative estimate of drug-likeness (QED) is 0.422. The van der Waals surface area contributed by atoms with Gasteiger partial charge < -0.3 is 14.6 Å². The molecule has 1 N–H and O–H groups in total. The van der Waals surface area contributed by atoms with Crippen LogP contribution in [0.2, 0.25) is 0 Å². The fourth-order valence-electron chi connectivity index (χ4n) is 3.71. The smallest absolute Gasteiger partial charge is 0.257 e. The number of nitrogens with zero attached hydrogens (tertiary/aromatic N) is 2. The number of carbonyl (C=O) groups excluding carboxylic acids is 1. The summed E-state index contributed by atoms with van der Waals surface area (Å²) in [5, 5.41) is 3.16. The first-order chi connectivity index (χ1) is 15.2. The minimum absolute atomic E-state index is 0.116. The summed E-state index contributed by atoms with van der Waals surface area (Å²) >= 11 is 1.80. The van der Waals surface area contributed by atoms with Gasteiger partial charge in [0.1, 0.15) is 16.9 Å². The van der Waals surface area contributed by atoms with Gasteiger partial charge in [-0.25, -0.2) is 0 Å². The maximum atomic E-state index is 13.0. The van der Waals surface area contributed by atoms with Gasteiger partial charge in [0.15, 0.2) is 0 Å². The number of anilines is 1. The number of carbonyl (C=O) groups is 1. The van der Waals surface area contributed by atoms with Gasteiger partial charge in [0.2, 0.25) is 0 Å². The summed E-state index contributed by atoms with van der Waals surface area (Å²) in [7, 11) is 0. The van der Waals surface area contributed by atoms with Crippen LogP contribution in [0.3, 0.4) is 0 Å². The van der Waals surface area contributed by atoms with Crippen molar-refractivity contribution in [2.24, 2.45) is 0 Å². The van der Waals surface area contributed by atoms with Crippen molar-refractivity contribution in [1.29, 1.82) is 0 Å². The minimum Gasteiger partial charge on any atom is -0.457 e. The van der Waals surface area contributed by atoms with Gasteiger partial charge in [-0.3, -0.25) is 9.78 Å². The summed E-state index contributed by atoms with van der Waals surface area (Å²) in [6, 6.07) is 21.2. The van der Waals surface area contributed by atoms with Gasteiger partial charge in [0.05, 0.1) is 5.56 Å². The van der Waals surface area contributed by atoms with Crippen LogP contribution in [0.1, 0.15) is 32.6 Å². The Balaban J connectivity index is 1.33. The molecule has 5 rings (SSSR count). The average molecular weight is 428 g/mol. The molecule has 1 aliphatic heterocycles. The molecule has 154 valence electrons. The Kier molecular flexibility index (Phi) is 5.22. The van der Waals surface area contributed by atoms with Crippen molar-refractivity contribution >= 4 is 23.4 Å². The third-order valence-corrected chi connectivity index (χ3v) is 6.54. The fraction of sp³-hybridized carbons (Fsp3) is 0.120. The number of nitrogens with one attached hydrogen (secondary N) is 1. The molecule has 6 heteroatoms. The summed E-state index contributed by atoms with van der Waals surface area (Å²) in [5.41, 5.74) is 4.62. The molecule has 1 amide bonds. The lowest BCUT2D eigenvalue weighted by Crippen LogP contribution is -2.13. The predicted molar refractivity (Wildman–Crippen MR) is 124 cm³/mol. The Hall–Kier alpha value is -3.51. The molecule has 4 aromatic rings. The van der Waals surface area contributed by atoms with E-state index in [9.17, 15) is 4.79 Å². The molecule has 5 nitrogen and oxygen atoms in total. The first-order valence-electron chi connectivity index (χ1n) is 10.1. The lowest BCUT2D eigenvalue weighted by Gasteiger charge is -2.12. The topological polar surface area (TPSA) is 56.1 Å². The van der Waals surface area contributed by atoms with Crippen LogP contribution < -0.4 is 10.1 Å². The largest absolute Gasteiger partial charge is 0.457 e. The zero-order valence-corrected chi connectivity index (χ0v) is 17.8. The number of para-hydroxylation sites is 1. The number of rotatable bonds is 5. The molecular weight excluding hydrogens is 406 g/mol. The molecular formula is C25H21N3O2S. The molecule has 0 saturated heterocycles. The molecule has 3 heterocycles. The van der Waals surface area contributed by atoms with Crippen LogP contribution in [0, 0.1) is 6.92 Å². The SMILES string of the molecule is Cc1ccccc1Oc1cccc(NC(=O)c2ccn3c2CSC3c2cccnc2)c1. The van der Waals surface area contributed by atoms with E-state index in [0.29, 0.717) is 17.0 Å². The van der Waals surface area contributed by atoms with E-state index in [1.165, 1.54) is 0 Å². The number of amides is 1. The summed E-state index contributed by atoms with van der Waals surface area (Å²) in [6.45, 7) is 2.01. The highest BCUT2D eigenvalue weighted by molar-refractivity contribution is 7.99. The second kappa shape index (κ2) is 8.32. The standard InChI is InChI=1S/C25H21N3O2S/c1-17-6-2-3-10-23(17)30-20-9-4-8-19(14-20)27-24(29)21-11-13-28-22(21)16-31-25(28)18-7-5-12-26-15-18/h2-15,25H,16H2,1H3,(H,27,29). The van der Waals surface area contributed by atoms with Gasteiger partial charge in [-0.1, -0.05) is 30.3 Å². The third-order valence-electron chi connectivity index (χ3n) is 5.28. The van der Waals surface area contributed by atoms with Gasteiger partial charge in [-0.05, 0) is 42.8 Å². The molecule has 2 aromatic heterocycles. The predicted octanol–water partition coefficient (Wildman–Crippen LogP) is 6.03. The number of fused-ring (bicyclic) bond motifs is 1. The molecule has 1 atom stereocenters. The molecule has 1 unspecified atom stereocenters. The van der Waals surface area contributed by atoms with Crippen molar-refractivity contribution in [3.05, 3.63) is 108 Å². The Labute approximate surface area is 185 Å². The second-order valence-electron chi connectivity index (χ2n) is 7.38. The van der Waals surface area contributed by atoms with Gasteiger partial charge in [0, 0.05) is 47.4 Å². The molecule has 0 aliphatic carbocycles. The number of ether oxygens (including phenoxy) is 1. The van der Waals surface area contributed by atoms with Crippen molar-refractivity contribution in [3.63, 3.8) is 0 Å². The van der Waals surface area contributed by atoms with Gasteiger partial charge in [-0.2, -0.15) is 0 Å². The van der Waals surface area contributed by atoms with Crippen LogP contribution in [0.5, 0.6) is 11.5 Å². The van der Waals surface area contributed by atoms with E-state index in [-0.39, 0.29) is 11.3 Å². The minimum atomic E-state index is -0.116. The molecule has 0 spiro atoms. The Morgan fingerprint density at radius 3 is 2.87 bits per heavy atom. The first-order valence-corrected chi connectivity index (χ1v) is 11.1. The van der Waals surface area contributed by atoms with Crippen LogP contribution in [-0.2, 0) is 5.75 Å². The zero-order chi connectivity index (χ0) is 21.2. The van der Waals surface area contributed by atoms with E-state index in [0.717, 1.165) is 28.3 Å². The highest BCUT2D eigenvalue weighted by Crippen LogP contribution is 2.42. The van der Waals surface area contributed by atoms with E-state index >= 15 is 0 Å². The van der Waals surface area contributed by atoms with E-state index in [4.69, 9.17) is 4.74 Å². The second-order valence-corrected chi connectivity index (χ2v) is 8.45. The summed E-state index contributed by atoms with van der Waals surface area (Å²) in [5.74, 6) is 2.15. The number of pyridine rings is 1. The molecule has 0 radical (unpaired) electrons. The zero-order valence-electron chi connectivity index (χ0n) is 17.0. The van der Waals surface area contributed by atoms with Crippen LogP contribution >= 0.6 is 11.8 Å². The third kappa shape index (κ3) is 3.94. The number of aromatic nitrogens is 2. The van der Waals surface area contributed by atoms with E-state index in [1.54, 1.807) is 18.0 Å². The van der Waals surface area contributed by atoms with E-state index < -0.39 is 0 Å². The van der Waals surface area contributed by atoms with E-state index in [2.05, 4.69) is 20.9 Å².